The molecule has 2 nitrogen and oxygen atoms in total. The molecular formula is C12H12ClNO. The molecule has 1 aliphatic rings. The van der Waals surface area contributed by atoms with Crippen LogP contribution < -0.4 is 0 Å². The summed E-state index contributed by atoms with van der Waals surface area (Å²) in [7, 11) is 0. The lowest BCUT2D eigenvalue weighted by Gasteiger charge is -2.10. The van der Waals surface area contributed by atoms with E-state index in [9.17, 15) is 0 Å². The van der Waals surface area contributed by atoms with Gasteiger partial charge in [0.25, 0.3) is 0 Å². The van der Waals surface area contributed by atoms with E-state index in [1.165, 1.54) is 0 Å². The van der Waals surface area contributed by atoms with Crippen molar-refractivity contribution in [3.8, 4) is 6.07 Å². The first-order chi connectivity index (χ1) is 7.31. The molecule has 0 spiro atoms. The van der Waals surface area contributed by atoms with E-state index in [1.807, 2.05) is 18.2 Å². The van der Waals surface area contributed by atoms with Crippen molar-refractivity contribution in [1.82, 2.24) is 0 Å². The fourth-order valence-electron chi connectivity index (χ4n) is 1.88. The third kappa shape index (κ3) is 2.31. The van der Waals surface area contributed by atoms with Gasteiger partial charge in [-0.1, -0.05) is 23.7 Å². The first-order valence-electron chi connectivity index (χ1n) is 5.04. The lowest BCUT2D eigenvalue weighted by molar-refractivity contribution is 0.194. The second kappa shape index (κ2) is 4.65. The smallest absolute Gasteiger partial charge is 0.0669 e. The van der Waals surface area contributed by atoms with E-state index in [2.05, 4.69) is 6.07 Å². The van der Waals surface area contributed by atoms with Gasteiger partial charge in [-0.25, -0.2) is 0 Å². The van der Waals surface area contributed by atoms with Crippen molar-refractivity contribution in [3.63, 3.8) is 0 Å². The predicted octanol–water partition coefficient (Wildman–Crippen LogP) is 2.91. The van der Waals surface area contributed by atoms with E-state index in [4.69, 9.17) is 21.6 Å². The van der Waals surface area contributed by atoms with Gasteiger partial charge in [-0.3, -0.25) is 0 Å². The van der Waals surface area contributed by atoms with Crippen molar-refractivity contribution in [2.24, 2.45) is 0 Å². The summed E-state index contributed by atoms with van der Waals surface area (Å²) in [5.41, 5.74) is 2.13. The van der Waals surface area contributed by atoms with E-state index in [1.54, 1.807) is 0 Å². The molecule has 0 radical (unpaired) electrons. The number of benzene rings is 1. The van der Waals surface area contributed by atoms with E-state index >= 15 is 0 Å². The second-order valence-electron chi connectivity index (χ2n) is 3.75. The quantitative estimate of drug-likeness (QED) is 0.770. The lowest BCUT2D eigenvalue weighted by atomic mass is 9.97. The summed E-state index contributed by atoms with van der Waals surface area (Å²) in [6.07, 6.45) is 1.46. The molecule has 1 saturated heterocycles. The van der Waals surface area contributed by atoms with Crippen LogP contribution in [0.3, 0.4) is 0 Å². The van der Waals surface area contributed by atoms with Gasteiger partial charge in [0.2, 0.25) is 0 Å². The minimum atomic E-state index is 0.418. The molecule has 0 aliphatic carbocycles. The Morgan fingerprint density at radius 3 is 3.00 bits per heavy atom. The molecule has 0 amide bonds. The normalized spacial score (nSPS) is 20.1. The summed E-state index contributed by atoms with van der Waals surface area (Å²) in [6, 6.07) is 8.00. The predicted molar refractivity (Wildman–Crippen MR) is 58.9 cm³/mol. The summed E-state index contributed by atoms with van der Waals surface area (Å²) in [6.45, 7) is 1.58. The maximum atomic E-state index is 8.58. The summed E-state index contributed by atoms with van der Waals surface area (Å²) in [4.78, 5) is 0. The zero-order chi connectivity index (χ0) is 10.7. The fraction of sp³-hybridized carbons (Fsp3) is 0.417. The van der Waals surface area contributed by atoms with E-state index in [0.29, 0.717) is 12.3 Å². The standard InChI is InChI=1S/C12H12ClNO/c13-12-7-9(3-5-14)1-2-11(12)10-4-6-15-8-10/h1-2,7,10H,3-4,6,8H2. The molecule has 2 rings (SSSR count). The minimum Gasteiger partial charge on any atom is -0.381 e. The number of rotatable bonds is 2. The Balaban J connectivity index is 2.22. The van der Waals surface area contributed by atoms with Gasteiger partial charge in [0.15, 0.2) is 0 Å². The zero-order valence-electron chi connectivity index (χ0n) is 8.37. The monoisotopic (exact) mass is 221 g/mol. The van der Waals surface area contributed by atoms with Crippen molar-refractivity contribution in [1.29, 1.82) is 5.26 Å². The second-order valence-corrected chi connectivity index (χ2v) is 4.16. The number of hydrogen-bond acceptors (Lipinski definition) is 2. The number of hydrogen-bond donors (Lipinski definition) is 0. The van der Waals surface area contributed by atoms with Crippen molar-refractivity contribution in [2.45, 2.75) is 18.8 Å². The largest absolute Gasteiger partial charge is 0.381 e. The van der Waals surface area contributed by atoms with Gasteiger partial charge in [0.1, 0.15) is 0 Å². The van der Waals surface area contributed by atoms with Gasteiger partial charge in [-0.2, -0.15) is 5.26 Å². The van der Waals surface area contributed by atoms with Crippen molar-refractivity contribution < 1.29 is 4.74 Å². The molecule has 1 aliphatic heterocycles. The highest BCUT2D eigenvalue weighted by molar-refractivity contribution is 6.31. The highest BCUT2D eigenvalue weighted by Crippen LogP contribution is 2.31. The Bertz CT molecular complexity index is 391. The average Bonchev–Trinajstić information content (AvgIpc) is 2.71. The van der Waals surface area contributed by atoms with Gasteiger partial charge in [-0.05, 0) is 23.6 Å². The van der Waals surface area contributed by atoms with Crippen LogP contribution in [0.25, 0.3) is 0 Å². The molecule has 15 heavy (non-hydrogen) atoms. The fourth-order valence-corrected chi connectivity index (χ4v) is 2.24. The molecule has 1 heterocycles. The molecule has 1 aromatic carbocycles. The molecule has 0 bridgehead atoms. The summed E-state index contributed by atoms with van der Waals surface area (Å²) in [5, 5.41) is 9.34. The highest BCUT2D eigenvalue weighted by atomic mass is 35.5. The van der Waals surface area contributed by atoms with Crippen LogP contribution in [0, 0.1) is 11.3 Å². The molecule has 1 aromatic rings. The maximum absolute atomic E-state index is 8.58. The molecule has 1 atom stereocenters. The Kier molecular flexibility index (Phi) is 3.25. The third-order valence-electron chi connectivity index (χ3n) is 2.72. The lowest BCUT2D eigenvalue weighted by Crippen LogP contribution is -1.99. The summed E-state index contributed by atoms with van der Waals surface area (Å²) < 4.78 is 5.33. The van der Waals surface area contributed by atoms with Crippen LogP contribution in [-0.4, -0.2) is 13.2 Å². The zero-order valence-corrected chi connectivity index (χ0v) is 9.13. The summed E-state index contributed by atoms with van der Waals surface area (Å²) in [5.74, 6) is 0.425. The molecule has 1 unspecified atom stereocenters. The van der Waals surface area contributed by atoms with E-state index in [0.717, 1.165) is 35.8 Å². The average molecular weight is 222 g/mol. The van der Waals surface area contributed by atoms with Crippen LogP contribution >= 0.6 is 11.6 Å². The van der Waals surface area contributed by atoms with Crippen LogP contribution in [0.2, 0.25) is 5.02 Å². The number of halogens is 1. The van der Waals surface area contributed by atoms with Gasteiger partial charge in [0.05, 0.1) is 19.1 Å². The number of nitriles is 1. The van der Waals surface area contributed by atoms with Crippen molar-refractivity contribution in [2.75, 3.05) is 13.2 Å². The van der Waals surface area contributed by atoms with Gasteiger partial charge < -0.3 is 4.74 Å². The molecule has 0 N–H and O–H groups in total. The molecule has 78 valence electrons. The van der Waals surface area contributed by atoms with Crippen LogP contribution in [0.5, 0.6) is 0 Å². The van der Waals surface area contributed by atoms with Gasteiger partial charge >= 0.3 is 0 Å². The van der Waals surface area contributed by atoms with Crippen LogP contribution in [0.4, 0.5) is 0 Å². The molecule has 1 fully saturated rings. The maximum Gasteiger partial charge on any atom is 0.0669 e. The molecule has 3 heteroatoms. The van der Waals surface area contributed by atoms with Crippen LogP contribution in [0.1, 0.15) is 23.5 Å². The summed E-state index contributed by atoms with van der Waals surface area (Å²) >= 11 is 6.18. The topological polar surface area (TPSA) is 33.0 Å². The number of ether oxygens (including phenoxy) is 1. The molecule has 0 aromatic heterocycles. The van der Waals surface area contributed by atoms with E-state index in [-0.39, 0.29) is 0 Å². The number of nitrogens with zero attached hydrogens (tertiary/aromatic N) is 1. The van der Waals surface area contributed by atoms with Gasteiger partial charge in [0, 0.05) is 17.5 Å². The first-order valence-corrected chi connectivity index (χ1v) is 5.42. The Hall–Kier alpha value is -1.04. The van der Waals surface area contributed by atoms with Crippen molar-refractivity contribution in [3.05, 3.63) is 34.3 Å². The SMILES string of the molecule is N#CCc1ccc(C2CCOC2)c(Cl)c1. The molecule has 0 saturated carbocycles. The first kappa shape index (κ1) is 10.5. The third-order valence-corrected chi connectivity index (χ3v) is 3.04. The van der Waals surface area contributed by atoms with Crippen LogP contribution in [-0.2, 0) is 11.2 Å². The highest BCUT2D eigenvalue weighted by Gasteiger charge is 2.19. The Morgan fingerprint density at radius 2 is 2.40 bits per heavy atom. The van der Waals surface area contributed by atoms with Crippen molar-refractivity contribution >= 4 is 11.6 Å². The Morgan fingerprint density at radius 1 is 1.53 bits per heavy atom. The van der Waals surface area contributed by atoms with Gasteiger partial charge in [-0.15, -0.1) is 0 Å². The minimum absolute atomic E-state index is 0.418. The Labute approximate surface area is 94.4 Å². The molecular weight excluding hydrogens is 210 g/mol. The van der Waals surface area contributed by atoms with Crippen LogP contribution in [0.15, 0.2) is 18.2 Å². The van der Waals surface area contributed by atoms with E-state index < -0.39 is 0 Å².